The summed E-state index contributed by atoms with van der Waals surface area (Å²) in [4.78, 5) is 55.9. The highest BCUT2D eigenvalue weighted by molar-refractivity contribution is 6.00. The molecule has 3 N–H and O–H groups in total. The first-order valence-electron chi connectivity index (χ1n) is 14.7. The van der Waals surface area contributed by atoms with E-state index in [-0.39, 0.29) is 29.5 Å². The highest BCUT2D eigenvalue weighted by atomic mass is 16.2. The molecule has 0 bridgehead atoms. The molecule has 0 spiro atoms. The van der Waals surface area contributed by atoms with Crippen molar-refractivity contribution in [3.8, 4) is 0 Å². The summed E-state index contributed by atoms with van der Waals surface area (Å²) >= 11 is 0. The molecule has 11 nitrogen and oxygen atoms in total. The van der Waals surface area contributed by atoms with E-state index in [1.165, 1.54) is 4.68 Å². The summed E-state index contributed by atoms with van der Waals surface area (Å²) in [5.41, 5.74) is 1.88. The zero-order valence-electron chi connectivity index (χ0n) is 24.4. The zero-order chi connectivity index (χ0) is 29.4. The van der Waals surface area contributed by atoms with Gasteiger partial charge in [0.2, 0.25) is 17.7 Å². The minimum absolute atomic E-state index is 0.0590. The molecule has 2 aromatic rings. The number of benzene rings is 1. The van der Waals surface area contributed by atoms with Crippen molar-refractivity contribution in [2.24, 2.45) is 13.0 Å². The fourth-order valence-electron chi connectivity index (χ4n) is 5.60. The van der Waals surface area contributed by atoms with Crippen molar-refractivity contribution >= 4 is 29.3 Å². The number of likely N-dealkylation sites (N-methyl/N-ethyl adjacent to an activating group) is 1. The van der Waals surface area contributed by atoms with E-state index < -0.39 is 12.1 Å². The van der Waals surface area contributed by atoms with Crippen LogP contribution in [0.3, 0.4) is 0 Å². The van der Waals surface area contributed by atoms with Crippen molar-refractivity contribution in [1.29, 1.82) is 0 Å². The first-order valence-corrected chi connectivity index (χ1v) is 14.7. The topological polar surface area (TPSA) is 129 Å². The van der Waals surface area contributed by atoms with Crippen LogP contribution in [0.4, 0.5) is 5.69 Å². The van der Waals surface area contributed by atoms with E-state index in [1.807, 2.05) is 24.1 Å². The van der Waals surface area contributed by atoms with Gasteiger partial charge in [-0.1, -0.05) is 38.3 Å². The molecular formula is C30H43N7O4. The molecule has 0 radical (unpaired) electrons. The second-order valence-corrected chi connectivity index (χ2v) is 11.2. The second-order valence-electron chi connectivity index (χ2n) is 11.2. The fraction of sp³-hybridized carbons (Fsp3) is 0.567. The largest absolute Gasteiger partial charge is 0.344 e. The van der Waals surface area contributed by atoms with Crippen LogP contribution < -0.4 is 16.0 Å². The molecule has 1 aliphatic carbocycles. The third kappa shape index (κ3) is 8.16. The quantitative estimate of drug-likeness (QED) is 0.404. The summed E-state index contributed by atoms with van der Waals surface area (Å²) in [7, 11) is 3.73. The molecule has 1 saturated heterocycles. The Kier molecular flexibility index (Phi) is 10.5. The number of nitrogens with one attached hydrogen (secondary N) is 3. The molecule has 41 heavy (non-hydrogen) atoms. The van der Waals surface area contributed by atoms with E-state index in [0.717, 1.165) is 50.8 Å². The van der Waals surface area contributed by atoms with E-state index in [0.29, 0.717) is 37.3 Å². The standard InChI is InChI=1S/C30H43N7O4/c1-4-26(38)33-24(30(41)37-18-16-35(2)17-19-37)20-21-10-12-23(13-11-21)32-29(40)27(22-8-6-5-7-9-22)34-28(39)25-14-15-31-36(25)3/h10-15,22,24,27H,4-9,16-20H2,1-3H3,(H,32,40)(H,33,38)(H,34,39)/t24-,27+/m1/s1. The lowest BCUT2D eigenvalue weighted by atomic mass is 9.83. The lowest BCUT2D eigenvalue weighted by molar-refractivity contribution is -0.137. The normalized spacial score (nSPS) is 17.9. The van der Waals surface area contributed by atoms with Crippen molar-refractivity contribution in [3.05, 3.63) is 47.8 Å². The van der Waals surface area contributed by atoms with Crippen LogP contribution >= 0.6 is 0 Å². The van der Waals surface area contributed by atoms with Crippen LogP contribution in [0.25, 0.3) is 0 Å². The highest BCUT2D eigenvalue weighted by Gasteiger charge is 2.32. The van der Waals surface area contributed by atoms with Gasteiger partial charge in [0.1, 0.15) is 17.8 Å². The Balaban J connectivity index is 1.42. The van der Waals surface area contributed by atoms with Crippen molar-refractivity contribution in [2.45, 2.75) is 64.0 Å². The molecule has 2 heterocycles. The van der Waals surface area contributed by atoms with Gasteiger partial charge in [0.25, 0.3) is 5.91 Å². The number of aryl methyl sites for hydroxylation is 1. The van der Waals surface area contributed by atoms with Crippen molar-refractivity contribution in [2.75, 3.05) is 38.5 Å². The number of piperazine rings is 1. The monoisotopic (exact) mass is 565 g/mol. The fourth-order valence-corrected chi connectivity index (χ4v) is 5.60. The minimum Gasteiger partial charge on any atom is -0.344 e. The summed E-state index contributed by atoms with van der Waals surface area (Å²) in [6, 6.07) is 7.65. The van der Waals surface area contributed by atoms with Crippen molar-refractivity contribution < 1.29 is 19.2 Å². The maximum absolute atomic E-state index is 13.5. The average Bonchev–Trinajstić information content (AvgIpc) is 3.42. The van der Waals surface area contributed by atoms with Crippen LogP contribution in [-0.2, 0) is 27.9 Å². The summed E-state index contributed by atoms with van der Waals surface area (Å²) < 4.78 is 1.49. The molecule has 0 unspecified atom stereocenters. The van der Waals surface area contributed by atoms with E-state index in [4.69, 9.17) is 0 Å². The SMILES string of the molecule is CCC(=O)N[C@H](Cc1ccc(NC(=O)[C@@H](NC(=O)c2ccnn2C)C2CCCCC2)cc1)C(=O)N1CCN(C)CC1. The zero-order valence-corrected chi connectivity index (χ0v) is 24.4. The van der Waals surface area contributed by atoms with E-state index >= 15 is 0 Å². The molecule has 4 rings (SSSR count). The number of nitrogens with zero attached hydrogens (tertiary/aromatic N) is 4. The molecule has 1 aliphatic heterocycles. The summed E-state index contributed by atoms with van der Waals surface area (Å²) in [6.45, 7) is 4.65. The first-order chi connectivity index (χ1) is 19.7. The molecule has 11 heteroatoms. The maximum atomic E-state index is 13.5. The third-order valence-corrected chi connectivity index (χ3v) is 8.17. The Morgan fingerprint density at radius 2 is 1.61 bits per heavy atom. The smallest absolute Gasteiger partial charge is 0.270 e. The second kappa shape index (κ2) is 14.2. The maximum Gasteiger partial charge on any atom is 0.270 e. The van der Waals surface area contributed by atoms with Gasteiger partial charge < -0.3 is 25.8 Å². The summed E-state index contributed by atoms with van der Waals surface area (Å²) in [6.07, 6.45) is 7.19. The molecule has 1 saturated carbocycles. The molecule has 4 amide bonds. The van der Waals surface area contributed by atoms with Gasteiger partial charge in [0.15, 0.2) is 0 Å². The van der Waals surface area contributed by atoms with Crippen LogP contribution in [0.5, 0.6) is 0 Å². The van der Waals surface area contributed by atoms with Gasteiger partial charge in [-0.2, -0.15) is 5.10 Å². The van der Waals surface area contributed by atoms with Crippen LogP contribution in [0.2, 0.25) is 0 Å². The Bertz CT molecular complexity index is 1200. The minimum atomic E-state index is -0.660. The number of amides is 4. The molecule has 2 atom stereocenters. The first kappa shape index (κ1) is 30.2. The number of aromatic nitrogens is 2. The van der Waals surface area contributed by atoms with Gasteiger partial charge in [0.05, 0.1) is 0 Å². The Morgan fingerprint density at radius 1 is 0.927 bits per heavy atom. The number of hydrogen-bond donors (Lipinski definition) is 3. The number of rotatable bonds is 10. The molecule has 2 aliphatic rings. The molecule has 1 aromatic heterocycles. The van der Waals surface area contributed by atoms with Gasteiger partial charge in [-0.05, 0) is 49.6 Å². The van der Waals surface area contributed by atoms with E-state index in [1.54, 1.807) is 38.4 Å². The van der Waals surface area contributed by atoms with Crippen molar-refractivity contribution in [1.82, 2.24) is 30.2 Å². The van der Waals surface area contributed by atoms with E-state index in [9.17, 15) is 19.2 Å². The van der Waals surface area contributed by atoms with Gasteiger partial charge in [-0.3, -0.25) is 23.9 Å². The van der Waals surface area contributed by atoms with Crippen LogP contribution in [0.15, 0.2) is 36.5 Å². The Hall–Kier alpha value is -3.73. The number of anilines is 1. The van der Waals surface area contributed by atoms with Crippen LogP contribution in [-0.4, -0.2) is 88.5 Å². The van der Waals surface area contributed by atoms with Gasteiger partial charge in [-0.25, -0.2) is 0 Å². The number of carbonyl (C=O) groups is 4. The molecule has 222 valence electrons. The van der Waals surface area contributed by atoms with Crippen molar-refractivity contribution in [3.63, 3.8) is 0 Å². The van der Waals surface area contributed by atoms with Gasteiger partial charge >= 0.3 is 0 Å². The van der Waals surface area contributed by atoms with E-state index in [2.05, 4.69) is 25.9 Å². The predicted molar refractivity (Wildman–Crippen MR) is 156 cm³/mol. The van der Waals surface area contributed by atoms with Crippen LogP contribution in [0, 0.1) is 5.92 Å². The lowest BCUT2D eigenvalue weighted by Gasteiger charge is -2.34. The lowest BCUT2D eigenvalue weighted by Crippen LogP contribution is -2.54. The number of carbonyl (C=O) groups excluding carboxylic acids is 4. The molecular weight excluding hydrogens is 522 g/mol. The average molecular weight is 566 g/mol. The van der Waals surface area contributed by atoms with Crippen LogP contribution in [0.1, 0.15) is 61.5 Å². The predicted octanol–water partition coefficient (Wildman–Crippen LogP) is 1.95. The summed E-state index contributed by atoms with van der Waals surface area (Å²) in [5, 5.41) is 12.9. The highest BCUT2D eigenvalue weighted by Crippen LogP contribution is 2.27. The molecule has 1 aromatic carbocycles. The van der Waals surface area contributed by atoms with Gasteiger partial charge in [0, 0.05) is 58.0 Å². The Labute approximate surface area is 242 Å². The Morgan fingerprint density at radius 3 is 2.22 bits per heavy atom. The molecule has 2 fully saturated rings. The number of hydrogen-bond acceptors (Lipinski definition) is 6. The summed E-state index contributed by atoms with van der Waals surface area (Å²) in [5.74, 6) is -0.751. The van der Waals surface area contributed by atoms with Gasteiger partial charge in [-0.15, -0.1) is 0 Å². The third-order valence-electron chi connectivity index (χ3n) is 8.17.